The van der Waals surface area contributed by atoms with E-state index in [0.29, 0.717) is 17.0 Å². The van der Waals surface area contributed by atoms with Crippen LogP contribution in [0.3, 0.4) is 0 Å². The summed E-state index contributed by atoms with van der Waals surface area (Å²) in [6.45, 7) is 5.62. The lowest BCUT2D eigenvalue weighted by molar-refractivity contribution is -0.0288. The maximum absolute atomic E-state index is 13.3. The highest BCUT2D eigenvalue weighted by atomic mass is 32.2. The average Bonchev–Trinajstić information content (AvgIpc) is 3.18. The minimum Gasteiger partial charge on any atom is -0.383 e. The van der Waals surface area contributed by atoms with Gasteiger partial charge in [0.2, 0.25) is 0 Å². The number of ether oxygens (including phenoxy) is 1. The highest BCUT2D eigenvalue weighted by Gasteiger charge is 2.35. The van der Waals surface area contributed by atoms with Crippen molar-refractivity contribution in [1.82, 2.24) is 0 Å². The molecule has 0 aromatic heterocycles. The molecule has 0 radical (unpaired) electrons. The zero-order valence-electron chi connectivity index (χ0n) is 30.2. The fraction of sp³-hybridized carbons (Fsp3) is 0.262. The number of hydrogen-bond acceptors (Lipinski definition) is 8. The van der Waals surface area contributed by atoms with Crippen LogP contribution in [-0.2, 0) is 21.2 Å². The van der Waals surface area contributed by atoms with E-state index in [9.17, 15) is 13.3 Å². The number of nitrogens with two attached hydrogens (primary N) is 1. The molecule has 0 aliphatic carbocycles. The van der Waals surface area contributed by atoms with Gasteiger partial charge in [0.1, 0.15) is 11.5 Å². The second-order valence-electron chi connectivity index (χ2n) is 14.0. The lowest BCUT2D eigenvalue weighted by atomic mass is 9.82. The third kappa shape index (κ3) is 9.34. The molecule has 0 amide bonds. The van der Waals surface area contributed by atoms with Gasteiger partial charge in [0, 0.05) is 54.1 Å². The van der Waals surface area contributed by atoms with Gasteiger partial charge in [-0.2, -0.15) is 8.42 Å². The van der Waals surface area contributed by atoms with Gasteiger partial charge in [0.15, 0.2) is 0 Å². The van der Waals surface area contributed by atoms with Crippen molar-refractivity contribution in [2.45, 2.75) is 54.0 Å². The molecule has 3 N–H and O–H groups in total. The first kappa shape index (κ1) is 37.8. The molecule has 0 bridgehead atoms. The molecule has 1 saturated heterocycles. The Hall–Kier alpha value is -4.97. The Morgan fingerprint density at radius 2 is 1.53 bits per heavy atom. The van der Waals surface area contributed by atoms with E-state index in [1.165, 1.54) is 34.9 Å². The van der Waals surface area contributed by atoms with Crippen molar-refractivity contribution in [3.8, 4) is 11.1 Å². The molecule has 9 nitrogen and oxygen atoms in total. The smallest absolute Gasteiger partial charge is 0.284 e. The Kier molecular flexibility index (Phi) is 11.7. The summed E-state index contributed by atoms with van der Waals surface area (Å²) in [5.74, 6) is 0.554. The number of piperidine rings is 1. The maximum Gasteiger partial charge on any atom is 0.284 e. The number of nitrogens with zero attached hydrogens (tertiary/aromatic N) is 3. The highest BCUT2D eigenvalue weighted by molar-refractivity contribution is 7.99. The fourth-order valence-electron chi connectivity index (χ4n) is 6.66. The van der Waals surface area contributed by atoms with Gasteiger partial charge < -0.3 is 20.7 Å². The van der Waals surface area contributed by atoms with E-state index >= 15 is 0 Å². The van der Waals surface area contributed by atoms with Crippen LogP contribution in [0.4, 0.5) is 17.1 Å². The fourth-order valence-corrected chi connectivity index (χ4v) is 8.58. The predicted octanol–water partition coefficient (Wildman–Crippen LogP) is 9.06. The number of rotatable bonds is 14. The van der Waals surface area contributed by atoms with Gasteiger partial charge in [-0.25, -0.2) is 0 Å². The number of hydrogen-bond donors (Lipinski definition) is 2. The molecule has 1 heterocycles. The molecule has 1 fully saturated rings. The van der Waals surface area contributed by atoms with Gasteiger partial charge in [-0.05, 0) is 103 Å². The van der Waals surface area contributed by atoms with Crippen LogP contribution in [0.2, 0.25) is 0 Å². The van der Waals surface area contributed by atoms with E-state index < -0.39 is 15.6 Å². The van der Waals surface area contributed by atoms with Crippen LogP contribution in [0, 0.1) is 4.91 Å². The van der Waals surface area contributed by atoms with Crippen LogP contribution in [0.25, 0.3) is 11.1 Å². The Morgan fingerprint density at radius 3 is 2.19 bits per heavy atom. The lowest BCUT2D eigenvalue weighted by Crippen LogP contribution is -2.47. The van der Waals surface area contributed by atoms with Crippen LogP contribution in [0.1, 0.15) is 37.8 Å². The zero-order chi connectivity index (χ0) is 37.5. The van der Waals surface area contributed by atoms with Crippen LogP contribution < -0.4 is 16.0 Å². The number of benzene rings is 5. The molecule has 0 spiro atoms. The van der Waals surface area contributed by atoms with Crippen LogP contribution in [0.15, 0.2) is 147 Å². The van der Waals surface area contributed by atoms with Crippen molar-refractivity contribution < 1.29 is 13.2 Å². The van der Waals surface area contributed by atoms with Crippen molar-refractivity contribution in [1.29, 1.82) is 0 Å². The topological polar surface area (TPSA) is 126 Å². The van der Waals surface area contributed by atoms with Crippen molar-refractivity contribution in [2.24, 2.45) is 15.3 Å². The monoisotopic (exact) mass is 747 g/mol. The number of nitrogens with one attached hydrogen (secondary N) is 1. The Balaban J connectivity index is 1.09. The third-order valence-electron chi connectivity index (χ3n) is 9.65. The molecule has 0 saturated carbocycles. The first-order valence-electron chi connectivity index (χ1n) is 17.6. The van der Waals surface area contributed by atoms with Crippen molar-refractivity contribution in [3.05, 3.63) is 143 Å². The molecule has 274 valence electrons. The lowest BCUT2D eigenvalue weighted by Gasteiger charge is -2.42. The second-order valence-corrected chi connectivity index (χ2v) is 16.6. The van der Waals surface area contributed by atoms with Gasteiger partial charge in [-0.1, -0.05) is 72.8 Å². The van der Waals surface area contributed by atoms with Crippen LogP contribution >= 0.6 is 11.8 Å². The minimum atomic E-state index is -4.23. The van der Waals surface area contributed by atoms with Gasteiger partial charge in [0.25, 0.3) is 10.0 Å². The molecule has 0 unspecified atom stereocenters. The summed E-state index contributed by atoms with van der Waals surface area (Å²) in [7, 11) is -2.43. The average molecular weight is 748 g/mol. The summed E-state index contributed by atoms with van der Waals surface area (Å²) in [5, 5.41) is 6.45. The third-order valence-corrected chi connectivity index (χ3v) is 12.4. The van der Waals surface area contributed by atoms with Crippen LogP contribution in [0.5, 0.6) is 0 Å². The molecule has 53 heavy (non-hydrogen) atoms. The van der Waals surface area contributed by atoms with Gasteiger partial charge in [-0.15, -0.1) is 21.1 Å². The molecule has 6 rings (SSSR count). The van der Waals surface area contributed by atoms with E-state index in [1.807, 2.05) is 69.5 Å². The molecule has 11 heteroatoms. The van der Waals surface area contributed by atoms with Crippen LogP contribution in [-0.4, -0.2) is 51.3 Å². The highest BCUT2D eigenvalue weighted by Crippen LogP contribution is 2.36. The second kappa shape index (κ2) is 16.4. The van der Waals surface area contributed by atoms with E-state index in [2.05, 4.69) is 68.3 Å². The quantitative estimate of drug-likeness (QED) is 0.0499. The number of anilines is 2. The van der Waals surface area contributed by atoms with E-state index in [1.54, 1.807) is 23.9 Å². The molecule has 5 aromatic rings. The molecule has 1 aliphatic rings. The summed E-state index contributed by atoms with van der Waals surface area (Å²) >= 11 is 1.67. The SMILES string of the molecule is COC1(Cc2ccccc2-c2ccccc2)CCN(c2ccc(C(N)=NS(=O)(=O)c3ccc(NC(C)(C)CSc4ccccc4)c(N=O)c3)cc2)CC1. The predicted molar refractivity (Wildman–Crippen MR) is 218 cm³/mol. The number of thioether (sulfide) groups is 1. The molecule has 0 atom stereocenters. The number of nitroso groups, excluding NO2 is 1. The normalized spacial score (nSPS) is 14.8. The number of amidine groups is 1. The maximum atomic E-state index is 13.3. The molecular formula is C42H45N5O4S2. The summed E-state index contributed by atoms with van der Waals surface area (Å²) in [5.41, 5.74) is 11.1. The van der Waals surface area contributed by atoms with Gasteiger partial charge in [0.05, 0.1) is 16.2 Å². The molecular weight excluding hydrogens is 703 g/mol. The van der Waals surface area contributed by atoms with Crippen molar-refractivity contribution in [2.75, 3.05) is 36.2 Å². The Labute approximate surface area is 316 Å². The summed E-state index contributed by atoms with van der Waals surface area (Å²) in [4.78, 5) is 15.1. The Bertz CT molecular complexity index is 2150. The first-order valence-corrected chi connectivity index (χ1v) is 20.0. The minimum absolute atomic E-state index is 0.0265. The number of methoxy groups -OCH3 is 1. The van der Waals surface area contributed by atoms with Crippen molar-refractivity contribution in [3.63, 3.8) is 0 Å². The summed E-state index contributed by atoms with van der Waals surface area (Å²) in [6.07, 6.45) is 2.52. The summed E-state index contributed by atoms with van der Waals surface area (Å²) < 4.78 is 36.8. The Morgan fingerprint density at radius 1 is 0.887 bits per heavy atom. The molecule has 1 aliphatic heterocycles. The molecule has 5 aromatic carbocycles. The van der Waals surface area contributed by atoms with Gasteiger partial charge >= 0.3 is 0 Å². The van der Waals surface area contributed by atoms with Gasteiger partial charge in [-0.3, -0.25) is 0 Å². The van der Waals surface area contributed by atoms with E-state index in [0.717, 1.165) is 42.9 Å². The zero-order valence-corrected chi connectivity index (χ0v) is 31.9. The standard InChI is InChI=1S/C42H45N5O4S2/c1-41(2,30-52-35-15-8-5-9-16-35)44-38-23-22-36(28-39(38)45-48)53(49,50)46-40(43)32-18-20-34(21-19-32)47-26-24-42(51-3,25-27-47)29-33-14-10-11-17-37(33)31-12-6-4-7-13-31/h4-23,28,44H,24-27,29-30H2,1-3H3,(H2,43,46). The summed E-state index contributed by atoms with van der Waals surface area (Å²) in [6, 6.07) is 40.6. The van der Waals surface area contributed by atoms with Crippen molar-refractivity contribution >= 4 is 44.7 Å². The van der Waals surface area contributed by atoms with E-state index in [4.69, 9.17) is 10.5 Å². The largest absolute Gasteiger partial charge is 0.383 e. The number of sulfonamides is 1. The van der Waals surface area contributed by atoms with E-state index in [-0.39, 0.29) is 22.0 Å². The first-order chi connectivity index (χ1) is 25.5.